The second-order valence-electron chi connectivity index (χ2n) is 2.89. The van der Waals surface area contributed by atoms with E-state index in [9.17, 15) is 9.59 Å². The third-order valence-electron chi connectivity index (χ3n) is 1.97. The maximum Gasteiger partial charge on any atom is 0.263 e. The highest BCUT2D eigenvalue weighted by Crippen LogP contribution is 2.36. The molecule has 1 aromatic heterocycles. The molecule has 0 fully saturated rings. The predicted molar refractivity (Wildman–Crippen MR) is 62.4 cm³/mol. The Hall–Kier alpha value is -0.900. The average molecular weight is 259 g/mol. The van der Waals surface area contributed by atoms with Gasteiger partial charge in [-0.25, -0.2) is 0 Å². The molecule has 76 valence electrons. The molecule has 0 unspecified atom stereocenters. The van der Waals surface area contributed by atoms with Crippen LogP contribution in [0.4, 0.5) is 0 Å². The monoisotopic (exact) mass is 258 g/mol. The number of carbonyl (C=O) groups is 2. The van der Waals surface area contributed by atoms with Gasteiger partial charge in [0.25, 0.3) is 5.24 Å². The second-order valence-corrected chi connectivity index (χ2v) is 4.67. The fraction of sp³-hybridized carbons (Fsp3) is 0. The summed E-state index contributed by atoms with van der Waals surface area (Å²) in [7, 11) is 0. The molecule has 0 aliphatic rings. The number of carbonyl (C=O) groups excluding carboxylic acids is 2. The SMILES string of the molecule is O=Cc1ccc2sc(C(=O)Cl)c(Cl)c2c1. The second kappa shape index (κ2) is 3.93. The Morgan fingerprint density at radius 3 is 2.73 bits per heavy atom. The first-order valence-electron chi connectivity index (χ1n) is 4.00. The Morgan fingerprint density at radius 1 is 1.40 bits per heavy atom. The van der Waals surface area contributed by atoms with Gasteiger partial charge in [-0.1, -0.05) is 17.7 Å². The van der Waals surface area contributed by atoms with Crippen molar-refractivity contribution in [1.82, 2.24) is 0 Å². The van der Waals surface area contributed by atoms with Crippen LogP contribution in [0.2, 0.25) is 5.02 Å². The maximum atomic E-state index is 11.0. The minimum absolute atomic E-state index is 0.316. The van der Waals surface area contributed by atoms with Gasteiger partial charge in [-0.3, -0.25) is 9.59 Å². The quantitative estimate of drug-likeness (QED) is 0.608. The summed E-state index contributed by atoms with van der Waals surface area (Å²) >= 11 is 12.6. The van der Waals surface area contributed by atoms with E-state index in [1.807, 2.05) is 0 Å². The highest BCUT2D eigenvalue weighted by Gasteiger charge is 2.15. The van der Waals surface area contributed by atoms with Crippen LogP contribution in [0.25, 0.3) is 10.1 Å². The fourth-order valence-corrected chi connectivity index (χ4v) is 2.86. The van der Waals surface area contributed by atoms with E-state index in [4.69, 9.17) is 23.2 Å². The van der Waals surface area contributed by atoms with Crippen molar-refractivity contribution in [3.63, 3.8) is 0 Å². The standard InChI is InChI=1S/C10H4Cl2O2S/c11-8-6-3-5(4-13)1-2-7(6)15-9(8)10(12)14/h1-4H. The van der Waals surface area contributed by atoms with E-state index < -0.39 is 5.24 Å². The van der Waals surface area contributed by atoms with Gasteiger partial charge < -0.3 is 0 Å². The van der Waals surface area contributed by atoms with Crippen molar-refractivity contribution in [2.75, 3.05) is 0 Å². The molecule has 0 atom stereocenters. The number of rotatable bonds is 2. The molecule has 1 heterocycles. The number of fused-ring (bicyclic) bond motifs is 1. The van der Waals surface area contributed by atoms with Gasteiger partial charge in [-0.15, -0.1) is 11.3 Å². The lowest BCUT2D eigenvalue weighted by Gasteiger charge is -1.91. The van der Waals surface area contributed by atoms with E-state index in [-0.39, 0.29) is 0 Å². The predicted octanol–water partition coefficient (Wildman–Crippen LogP) is 3.75. The van der Waals surface area contributed by atoms with E-state index in [1.165, 1.54) is 11.3 Å². The summed E-state index contributed by atoms with van der Waals surface area (Å²) in [5, 5.41) is 0.433. The molecular weight excluding hydrogens is 255 g/mol. The minimum Gasteiger partial charge on any atom is -0.298 e. The van der Waals surface area contributed by atoms with E-state index in [0.29, 0.717) is 20.8 Å². The molecule has 2 rings (SSSR count). The van der Waals surface area contributed by atoms with Gasteiger partial charge in [0.15, 0.2) is 0 Å². The minimum atomic E-state index is -0.575. The summed E-state index contributed by atoms with van der Waals surface area (Å²) in [5.41, 5.74) is 0.524. The highest BCUT2D eigenvalue weighted by atomic mass is 35.5. The molecule has 0 aliphatic heterocycles. The zero-order valence-electron chi connectivity index (χ0n) is 7.29. The molecule has 0 amide bonds. The van der Waals surface area contributed by atoms with Crippen LogP contribution in [-0.2, 0) is 0 Å². The first-order chi connectivity index (χ1) is 7.13. The van der Waals surface area contributed by atoms with E-state index in [0.717, 1.165) is 11.0 Å². The highest BCUT2D eigenvalue weighted by molar-refractivity contribution is 7.23. The van der Waals surface area contributed by atoms with Gasteiger partial charge in [-0.2, -0.15) is 0 Å². The largest absolute Gasteiger partial charge is 0.298 e. The van der Waals surface area contributed by atoms with Crippen molar-refractivity contribution >= 4 is 56.2 Å². The first kappa shape index (κ1) is 10.6. The Bertz CT molecular complexity index is 560. The zero-order chi connectivity index (χ0) is 11.0. The normalized spacial score (nSPS) is 10.5. The van der Waals surface area contributed by atoms with Gasteiger partial charge in [0.2, 0.25) is 0 Å². The van der Waals surface area contributed by atoms with E-state index in [1.54, 1.807) is 18.2 Å². The van der Waals surface area contributed by atoms with Crippen molar-refractivity contribution in [2.24, 2.45) is 0 Å². The third kappa shape index (κ3) is 1.78. The lowest BCUT2D eigenvalue weighted by molar-refractivity contribution is 0.108. The Kier molecular flexibility index (Phi) is 2.78. The van der Waals surface area contributed by atoms with Gasteiger partial charge in [0.1, 0.15) is 11.2 Å². The van der Waals surface area contributed by atoms with E-state index in [2.05, 4.69) is 0 Å². The molecule has 5 heteroatoms. The van der Waals surface area contributed by atoms with Gasteiger partial charge in [-0.05, 0) is 23.7 Å². The van der Waals surface area contributed by atoms with Crippen molar-refractivity contribution in [1.29, 1.82) is 0 Å². The zero-order valence-corrected chi connectivity index (χ0v) is 9.62. The summed E-state index contributed by atoms with van der Waals surface area (Å²) in [4.78, 5) is 21.9. The van der Waals surface area contributed by atoms with Crippen LogP contribution in [0.3, 0.4) is 0 Å². The summed E-state index contributed by atoms with van der Waals surface area (Å²) in [6.07, 6.45) is 0.732. The number of aldehydes is 1. The summed E-state index contributed by atoms with van der Waals surface area (Å²) < 4.78 is 0.842. The molecule has 0 bridgehead atoms. The molecule has 2 nitrogen and oxygen atoms in total. The Labute approximate surface area is 99.4 Å². The number of halogens is 2. The molecule has 0 radical (unpaired) electrons. The molecule has 2 aromatic rings. The van der Waals surface area contributed by atoms with Gasteiger partial charge in [0, 0.05) is 15.6 Å². The van der Waals surface area contributed by atoms with Crippen molar-refractivity contribution in [3.05, 3.63) is 33.7 Å². The smallest absolute Gasteiger partial charge is 0.263 e. The summed E-state index contributed by atoms with van der Waals surface area (Å²) in [6.45, 7) is 0. The average Bonchev–Trinajstić information content (AvgIpc) is 2.56. The van der Waals surface area contributed by atoms with Gasteiger partial charge in [0.05, 0.1) is 5.02 Å². The van der Waals surface area contributed by atoms with Crippen LogP contribution in [0.5, 0.6) is 0 Å². The van der Waals surface area contributed by atoms with E-state index >= 15 is 0 Å². The Balaban J connectivity index is 2.77. The van der Waals surface area contributed by atoms with Gasteiger partial charge >= 0.3 is 0 Å². The van der Waals surface area contributed by atoms with Crippen LogP contribution >= 0.6 is 34.5 Å². The van der Waals surface area contributed by atoms with Crippen molar-refractivity contribution in [3.8, 4) is 0 Å². The first-order valence-corrected chi connectivity index (χ1v) is 5.58. The molecule has 0 saturated heterocycles. The van der Waals surface area contributed by atoms with Crippen LogP contribution < -0.4 is 0 Å². The third-order valence-corrected chi connectivity index (χ3v) is 3.94. The number of thiophene rings is 1. The maximum absolute atomic E-state index is 11.0. The topological polar surface area (TPSA) is 34.1 Å². The molecule has 0 aliphatic carbocycles. The number of benzene rings is 1. The number of hydrogen-bond donors (Lipinski definition) is 0. The molecule has 1 aromatic carbocycles. The summed E-state index contributed by atoms with van der Waals surface area (Å²) in [5.74, 6) is 0. The van der Waals surface area contributed by atoms with Crippen molar-refractivity contribution < 1.29 is 9.59 Å². The summed E-state index contributed by atoms with van der Waals surface area (Å²) in [6, 6.07) is 5.06. The molecule has 15 heavy (non-hydrogen) atoms. The van der Waals surface area contributed by atoms with Crippen molar-refractivity contribution in [2.45, 2.75) is 0 Å². The Morgan fingerprint density at radius 2 is 2.13 bits per heavy atom. The molecule has 0 saturated carbocycles. The van der Waals surface area contributed by atoms with Crippen LogP contribution in [0.1, 0.15) is 20.0 Å². The van der Waals surface area contributed by atoms with Crippen LogP contribution in [-0.4, -0.2) is 11.5 Å². The molecule has 0 N–H and O–H groups in total. The fourth-order valence-electron chi connectivity index (χ4n) is 1.28. The lowest BCUT2D eigenvalue weighted by atomic mass is 10.2. The van der Waals surface area contributed by atoms with Crippen LogP contribution in [0.15, 0.2) is 18.2 Å². The molecule has 0 spiro atoms. The number of hydrogen-bond acceptors (Lipinski definition) is 3. The van der Waals surface area contributed by atoms with Crippen LogP contribution in [0, 0.1) is 0 Å². The lowest BCUT2D eigenvalue weighted by Crippen LogP contribution is -1.82. The molecular formula is C10H4Cl2O2S.